The number of carboxylic acid groups (broad SMARTS) is 1. The molecule has 2 heterocycles. The number of anilines is 1. The van der Waals surface area contributed by atoms with Gasteiger partial charge in [-0.1, -0.05) is 6.07 Å². The standard InChI is InChI=1S/C12H19N5O.C2HF3O2/c13-5-7-15-12(18)16-10-4-8-17(9-10)11-3-1-2-6-14-11;3-2(4,5)1(6)7/h1-3,6,10H,4-5,7-9,13H2,(H2,15,16,18);(H,6,7)/t10-;/m0./s1. The maximum absolute atomic E-state index is 11.5. The van der Waals surface area contributed by atoms with E-state index in [9.17, 15) is 18.0 Å². The third kappa shape index (κ3) is 7.70. The highest BCUT2D eigenvalue weighted by Crippen LogP contribution is 2.17. The third-order valence-corrected chi connectivity index (χ3v) is 3.17. The number of pyridine rings is 1. The van der Waals surface area contributed by atoms with E-state index in [2.05, 4.69) is 20.5 Å². The van der Waals surface area contributed by atoms with Crippen LogP contribution in [0.1, 0.15) is 6.42 Å². The van der Waals surface area contributed by atoms with Crippen molar-refractivity contribution in [1.82, 2.24) is 15.6 Å². The number of rotatable bonds is 4. The summed E-state index contributed by atoms with van der Waals surface area (Å²) in [6.07, 6.45) is -2.36. The van der Waals surface area contributed by atoms with E-state index in [1.54, 1.807) is 6.20 Å². The van der Waals surface area contributed by atoms with Crippen molar-refractivity contribution in [2.45, 2.75) is 18.6 Å². The van der Waals surface area contributed by atoms with E-state index >= 15 is 0 Å². The predicted octanol–water partition coefficient (Wildman–Crippen LogP) is 0.551. The van der Waals surface area contributed by atoms with Crippen molar-refractivity contribution in [3.8, 4) is 0 Å². The lowest BCUT2D eigenvalue weighted by atomic mass is 10.3. The molecule has 0 saturated carbocycles. The van der Waals surface area contributed by atoms with Crippen LogP contribution in [0.4, 0.5) is 23.8 Å². The van der Waals surface area contributed by atoms with Crippen molar-refractivity contribution >= 4 is 17.8 Å². The minimum atomic E-state index is -5.08. The summed E-state index contributed by atoms with van der Waals surface area (Å²) in [6, 6.07) is 5.88. The Morgan fingerprint density at radius 2 is 2.08 bits per heavy atom. The van der Waals surface area contributed by atoms with Crippen molar-refractivity contribution in [2.24, 2.45) is 5.73 Å². The molecule has 2 rings (SSSR count). The molecule has 0 unspecified atom stereocenters. The quantitative estimate of drug-likeness (QED) is 0.620. The molecule has 1 atom stereocenters. The number of carbonyl (C=O) groups is 2. The molecule has 2 amide bonds. The van der Waals surface area contributed by atoms with Crippen LogP contribution in [0.5, 0.6) is 0 Å². The Hall–Kier alpha value is -2.56. The molecule has 11 heteroatoms. The Morgan fingerprint density at radius 1 is 1.40 bits per heavy atom. The maximum atomic E-state index is 11.5. The number of hydrogen-bond acceptors (Lipinski definition) is 5. The van der Waals surface area contributed by atoms with Crippen LogP contribution < -0.4 is 21.3 Å². The first-order valence-electron chi connectivity index (χ1n) is 7.44. The fraction of sp³-hybridized carbons (Fsp3) is 0.500. The molecule has 1 aliphatic heterocycles. The minimum absolute atomic E-state index is 0.145. The van der Waals surface area contributed by atoms with Gasteiger partial charge in [-0.15, -0.1) is 0 Å². The number of carboxylic acids is 1. The normalized spacial score (nSPS) is 16.6. The minimum Gasteiger partial charge on any atom is -0.475 e. The van der Waals surface area contributed by atoms with Gasteiger partial charge in [0.1, 0.15) is 5.82 Å². The zero-order valence-corrected chi connectivity index (χ0v) is 13.3. The Balaban J connectivity index is 0.000000381. The average Bonchev–Trinajstić information content (AvgIpc) is 3.02. The van der Waals surface area contributed by atoms with Gasteiger partial charge in [-0.05, 0) is 18.6 Å². The monoisotopic (exact) mass is 363 g/mol. The van der Waals surface area contributed by atoms with Crippen LogP contribution in [-0.2, 0) is 4.79 Å². The number of hydrogen-bond donors (Lipinski definition) is 4. The molecule has 5 N–H and O–H groups in total. The van der Waals surface area contributed by atoms with E-state index in [-0.39, 0.29) is 12.1 Å². The highest BCUT2D eigenvalue weighted by Gasteiger charge is 2.38. The Morgan fingerprint density at radius 3 is 2.60 bits per heavy atom. The summed E-state index contributed by atoms with van der Waals surface area (Å²) in [5.41, 5.74) is 5.32. The highest BCUT2D eigenvalue weighted by atomic mass is 19.4. The second-order valence-corrected chi connectivity index (χ2v) is 5.11. The molecule has 0 aliphatic carbocycles. The number of amides is 2. The van der Waals surface area contributed by atoms with Crippen LogP contribution in [0.15, 0.2) is 24.4 Å². The van der Waals surface area contributed by atoms with E-state index in [0.717, 1.165) is 25.3 Å². The number of halogens is 3. The average molecular weight is 363 g/mol. The summed E-state index contributed by atoms with van der Waals surface area (Å²) in [7, 11) is 0. The van der Waals surface area contributed by atoms with Gasteiger partial charge in [0, 0.05) is 38.4 Å². The van der Waals surface area contributed by atoms with Gasteiger partial charge in [0.2, 0.25) is 0 Å². The van der Waals surface area contributed by atoms with Crippen LogP contribution in [0, 0.1) is 0 Å². The molecule has 1 fully saturated rings. The fourth-order valence-corrected chi connectivity index (χ4v) is 2.05. The largest absolute Gasteiger partial charge is 0.490 e. The molecule has 0 aromatic carbocycles. The topological polar surface area (TPSA) is 121 Å². The number of nitrogens with two attached hydrogens (primary N) is 1. The summed E-state index contributed by atoms with van der Waals surface area (Å²) in [6.45, 7) is 2.67. The summed E-state index contributed by atoms with van der Waals surface area (Å²) < 4.78 is 31.7. The Labute approximate surface area is 142 Å². The van der Waals surface area contributed by atoms with Gasteiger partial charge in [0.05, 0.1) is 0 Å². The first-order valence-corrected chi connectivity index (χ1v) is 7.44. The van der Waals surface area contributed by atoms with Crippen molar-refractivity contribution < 1.29 is 27.9 Å². The lowest BCUT2D eigenvalue weighted by Gasteiger charge is -2.17. The summed E-state index contributed by atoms with van der Waals surface area (Å²) in [5.74, 6) is -1.79. The third-order valence-electron chi connectivity index (χ3n) is 3.17. The van der Waals surface area contributed by atoms with Gasteiger partial charge in [-0.25, -0.2) is 14.6 Å². The first kappa shape index (κ1) is 20.5. The molecule has 0 radical (unpaired) electrons. The van der Waals surface area contributed by atoms with Crippen molar-refractivity contribution in [3.63, 3.8) is 0 Å². The molecule has 1 aromatic heterocycles. The van der Waals surface area contributed by atoms with E-state index in [0.29, 0.717) is 13.1 Å². The van der Waals surface area contributed by atoms with Crippen LogP contribution in [0.3, 0.4) is 0 Å². The number of aliphatic carboxylic acids is 1. The SMILES string of the molecule is NCCNC(=O)N[C@H]1CCN(c2ccccn2)C1.O=C(O)C(F)(F)F. The van der Waals surface area contributed by atoms with Crippen LogP contribution >= 0.6 is 0 Å². The van der Waals surface area contributed by atoms with E-state index in [1.807, 2.05) is 18.2 Å². The summed E-state index contributed by atoms with van der Waals surface area (Å²) in [4.78, 5) is 26.9. The Kier molecular flexibility index (Phi) is 7.92. The molecule has 140 valence electrons. The van der Waals surface area contributed by atoms with Gasteiger partial charge >= 0.3 is 18.2 Å². The molecular weight excluding hydrogens is 343 g/mol. The molecule has 8 nitrogen and oxygen atoms in total. The number of nitrogens with one attached hydrogen (secondary N) is 2. The summed E-state index contributed by atoms with van der Waals surface area (Å²) >= 11 is 0. The number of nitrogens with zero attached hydrogens (tertiary/aromatic N) is 2. The fourth-order valence-electron chi connectivity index (χ4n) is 2.05. The zero-order valence-electron chi connectivity index (χ0n) is 13.3. The van der Waals surface area contributed by atoms with Gasteiger partial charge in [0.25, 0.3) is 0 Å². The lowest BCUT2D eigenvalue weighted by Crippen LogP contribution is -2.44. The molecule has 0 spiro atoms. The molecule has 1 aromatic rings. The lowest BCUT2D eigenvalue weighted by molar-refractivity contribution is -0.192. The van der Waals surface area contributed by atoms with Crippen LogP contribution in [0.2, 0.25) is 0 Å². The molecule has 1 saturated heterocycles. The van der Waals surface area contributed by atoms with E-state index in [4.69, 9.17) is 15.6 Å². The van der Waals surface area contributed by atoms with Gasteiger partial charge in [0.15, 0.2) is 0 Å². The summed E-state index contributed by atoms with van der Waals surface area (Å²) in [5, 5.41) is 12.8. The molecular formula is C14H20F3N5O3. The van der Waals surface area contributed by atoms with Crippen LogP contribution in [-0.4, -0.2) is 60.5 Å². The number of urea groups is 1. The van der Waals surface area contributed by atoms with E-state index in [1.165, 1.54) is 0 Å². The highest BCUT2D eigenvalue weighted by molar-refractivity contribution is 5.74. The first-order chi connectivity index (χ1) is 11.7. The van der Waals surface area contributed by atoms with Gasteiger partial charge < -0.3 is 26.4 Å². The number of carbonyl (C=O) groups excluding carboxylic acids is 1. The van der Waals surface area contributed by atoms with Crippen molar-refractivity contribution in [2.75, 3.05) is 31.1 Å². The van der Waals surface area contributed by atoms with Crippen LogP contribution in [0.25, 0.3) is 0 Å². The van der Waals surface area contributed by atoms with E-state index < -0.39 is 12.1 Å². The Bertz CT molecular complexity index is 556. The smallest absolute Gasteiger partial charge is 0.475 e. The van der Waals surface area contributed by atoms with Gasteiger partial charge in [-0.2, -0.15) is 13.2 Å². The van der Waals surface area contributed by atoms with Crippen molar-refractivity contribution in [3.05, 3.63) is 24.4 Å². The second kappa shape index (κ2) is 9.67. The maximum Gasteiger partial charge on any atom is 0.490 e. The van der Waals surface area contributed by atoms with Crippen molar-refractivity contribution in [1.29, 1.82) is 0 Å². The predicted molar refractivity (Wildman–Crippen MR) is 84.1 cm³/mol. The molecule has 1 aliphatic rings. The number of aromatic nitrogens is 1. The zero-order chi connectivity index (χ0) is 18.9. The number of alkyl halides is 3. The molecule has 0 bridgehead atoms. The molecule has 25 heavy (non-hydrogen) atoms. The second-order valence-electron chi connectivity index (χ2n) is 5.11. The van der Waals surface area contributed by atoms with Gasteiger partial charge in [-0.3, -0.25) is 0 Å².